The molecule has 0 unspecified atom stereocenters. The van der Waals surface area contributed by atoms with Crippen molar-refractivity contribution in [1.29, 1.82) is 0 Å². The van der Waals surface area contributed by atoms with E-state index in [1.165, 1.54) is 0 Å². The molecule has 172 valence electrons. The Balaban J connectivity index is 1.65. The summed E-state index contributed by atoms with van der Waals surface area (Å²) in [4.78, 5) is 18.8. The van der Waals surface area contributed by atoms with E-state index in [1.807, 2.05) is 35.2 Å². The van der Waals surface area contributed by atoms with Gasteiger partial charge in [0.25, 0.3) is 5.91 Å². The predicted molar refractivity (Wildman–Crippen MR) is 131 cm³/mol. The first-order valence-electron chi connectivity index (χ1n) is 10.6. The van der Waals surface area contributed by atoms with Crippen LogP contribution in [0.15, 0.2) is 79.3 Å². The van der Waals surface area contributed by atoms with Crippen LogP contribution >= 0.6 is 0 Å². The number of aliphatic hydroxyl groups is 1. The number of nitrogens with two attached hydrogens (primary N) is 1. The van der Waals surface area contributed by atoms with E-state index in [0.717, 1.165) is 17.0 Å². The van der Waals surface area contributed by atoms with Crippen molar-refractivity contribution in [2.75, 3.05) is 36.6 Å². The summed E-state index contributed by atoms with van der Waals surface area (Å²) in [5.74, 6) is 1.13. The molecule has 3 rings (SSSR count). The van der Waals surface area contributed by atoms with E-state index < -0.39 is 0 Å². The lowest BCUT2D eigenvalue weighted by Gasteiger charge is -2.27. The third-order valence-electron chi connectivity index (χ3n) is 4.99. The second-order valence-electron chi connectivity index (χ2n) is 7.39. The van der Waals surface area contributed by atoms with Gasteiger partial charge in [-0.05, 0) is 54.4 Å². The third kappa shape index (κ3) is 6.72. The Bertz CT molecular complexity index is 1070. The van der Waals surface area contributed by atoms with Crippen LogP contribution in [0.5, 0.6) is 5.75 Å². The van der Waals surface area contributed by atoms with Crippen LogP contribution in [0.25, 0.3) is 0 Å². The largest absolute Gasteiger partial charge is 0.497 e. The number of aliphatic hydroxyl groups excluding tert-OH is 1. The zero-order chi connectivity index (χ0) is 23.6. The van der Waals surface area contributed by atoms with Crippen LogP contribution < -0.4 is 21.1 Å². The summed E-state index contributed by atoms with van der Waals surface area (Å²) in [7, 11) is 1.62. The van der Waals surface area contributed by atoms with Gasteiger partial charge < -0.3 is 31.1 Å². The number of nitrogen functional groups attached to an aromatic ring is 1. The molecule has 2 aromatic carbocycles. The lowest BCUT2D eigenvalue weighted by atomic mass is 10.2. The fourth-order valence-electron chi connectivity index (χ4n) is 3.16. The highest BCUT2D eigenvalue weighted by Gasteiger charge is 2.12. The number of para-hydroxylation sites is 2. The van der Waals surface area contributed by atoms with E-state index in [2.05, 4.69) is 22.2 Å². The maximum atomic E-state index is 12.5. The van der Waals surface area contributed by atoms with Gasteiger partial charge in [0.1, 0.15) is 11.4 Å². The molecule has 0 aliphatic rings. The third-order valence-corrected chi connectivity index (χ3v) is 4.99. The molecular weight excluding hydrogens is 418 g/mol. The number of hydrogen-bond donors (Lipinski definition) is 4. The number of carbonyl (C=O) groups is 1. The van der Waals surface area contributed by atoms with Gasteiger partial charge in [0.2, 0.25) is 0 Å². The van der Waals surface area contributed by atoms with Gasteiger partial charge >= 0.3 is 0 Å². The minimum absolute atomic E-state index is 0.0757. The van der Waals surface area contributed by atoms with E-state index in [4.69, 9.17) is 10.5 Å². The molecule has 1 amide bonds. The second-order valence-corrected chi connectivity index (χ2v) is 7.39. The van der Waals surface area contributed by atoms with Gasteiger partial charge in [-0.3, -0.25) is 9.78 Å². The van der Waals surface area contributed by atoms with Gasteiger partial charge in [-0.15, -0.1) is 0 Å². The van der Waals surface area contributed by atoms with E-state index >= 15 is 0 Å². The van der Waals surface area contributed by atoms with Crippen LogP contribution in [0.3, 0.4) is 0 Å². The molecule has 5 N–H and O–H groups in total. The van der Waals surface area contributed by atoms with Crippen molar-refractivity contribution >= 4 is 23.0 Å². The molecule has 8 nitrogen and oxygen atoms in total. The Morgan fingerprint density at radius 3 is 2.52 bits per heavy atom. The molecule has 3 aromatic rings. The molecule has 0 saturated heterocycles. The minimum atomic E-state index is -0.331. The Morgan fingerprint density at radius 2 is 1.88 bits per heavy atom. The SMILES string of the molecule is C=C(Nc1ccc(OC)cc1)N(CCCO)Cc1ccc(C(=O)Nc2ccccc2N)nc1. The number of rotatable bonds is 11. The van der Waals surface area contributed by atoms with Crippen LogP contribution in [-0.4, -0.2) is 41.2 Å². The maximum absolute atomic E-state index is 12.5. The number of ether oxygens (including phenoxy) is 1. The molecule has 33 heavy (non-hydrogen) atoms. The van der Waals surface area contributed by atoms with Gasteiger partial charge in [-0.2, -0.15) is 0 Å². The number of amides is 1. The summed E-state index contributed by atoms with van der Waals surface area (Å²) in [5, 5.41) is 15.3. The molecule has 0 radical (unpaired) electrons. The van der Waals surface area contributed by atoms with Gasteiger partial charge in [0, 0.05) is 31.6 Å². The lowest BCUT2D eigenvalue weighted by Crippen LogP contribution is -2.28. The Morgan fingerprint density at radius 1 is 1.12 bits per heavy atom. The van der Waals surface area contributed by atoms with E-state index in [1.54, 1.807) is 43.6 Å². The van der Waals surface area contributed by atoms with Gasteiger partial charge in [0.05, 0.1) is 24.3 Å². The number of aromatic nitrogens is 1. The van der Waals surface area contributed by atoms with E-state index in [0.29, 0.717) is 42.4 Å². The molecular formula is C25H29N5O3. The quantitative estimate of drug-likeness (QED) is 0.332. The molecule has 0 spiro atoms. The Labute approximate surface area is 193 Å². The standard InChI is InChI=1S/C25H29N5O3/c1-18(28-20-9-11-21(33-2)12-10-20)30(14-5-15-31)17-19-8-13-24(27-16-19)25(32)29-23-7-4-3-6-22(23)26/h3-4,6-13,16,28,31H,1,5,14-15,17,26H2,2H3,(H,29,32). The number of anilines is 3. The molecule has 0 aliphatic carbocycles. The number of pyridine rings is 1. The highest BCUT2D eigenvalue weighted by atomic mass is 16.5. The summed E-state index contributed by atoms with van der Waals surface area (Å²) >= 11 is 0. The molecule has 0 aliphatic heterocycles. The molecule has 8 heteroatoms. The van der Waals surface area contributed by atoms with E-state index in [-0.39, 0.29) is 12.5 Å². The van der Waals surface area contributed by atoms with Crippen molar-refractivity contribution in [1.82, 2.24) is 9.88 Å². The minimum Gasteiger partial charge on any atom is -0.497 e. The summed E-state index contributed by atoms with van der Waals surface area (Å²) < 4.78 is 5.19. The van der Waals surface area contributed by atoms with Crippen LogP contribution in [-0.2, 0) is 6.54 Å². The maximum Gasteiger partial charge on any atom is 0.274 e. The number of carbonyl (C=O) groups excluding carboxylic acids is 1. The number of benzene rings is 2. The zero-order valence-corrected chi connectivity index (χ0v) is 18.6. The zero-order valence-electron chi connectivity index (χ0n) is 18.6. The first-order valence-corrected chi connectivity index (χ1v) is 10.6. The molecule has 0 saturated carbocycles. The Kier molecular flexibility index (Phi) is 8.26. The smallest absolute Gasteiger partial charge is 0.274 e. The molecule has 1 aromatic heterocycles. The molecule has 0 atom stereocenters. The summed E-state index contributed by atoms with van der Waals surface area (Å²) in [6.45, 7) is 5.35. The fraction of sp³-hybridized carbons (Fsp3) is 0.200. The van der Waals surface area contributed by atoms with Crippen molar-refractivity contribution in [2.24, 2.45) is 0 Å². The highest BCUT2D eigenvalue weighted by molar-refractivity contribution is 6.04. The van der Waals surface area contributed by atoms with Crippen LogP contribution in [0, 0.1) is 0 Å². The molecule has 1 heterocycles. The van der Waals surface area contributed by atoms with Crippen LogP contribution in [0.2, 0.25) is 0 Å². The van der Waals surface area contributed by atoms with Crippen molar-refractivity contribution < 1.29 is 14.6 Å². The number of nitrogens with one attached hydrogen (secondary N) is 2. The lowest BCUT2D eigenvalue weighted by molar-refractivity contribution is 0.102. The molecule has 0 bridgehead atoms. The Hall–Kier alpha value is -4.04. The monoisotopic (exact) mass is 447 g/mol. The van der Waals surface area contributed by atoms with Gasteiger partial charge in [0.15, 0.2) is 0 Å². The van der Waals surface area contributed by atoms with Crippen molar-refractivity contribution in [2.45, 2.75) is 13.0 Å². The summed E-state index contributed by atoms with van der Waals surface area (Å²) in [6, 6.07) is 18.1. The average Bonchev–Trinajstić information content (AvgIpc) is 2.84. The number of hydrogen-bond acceptors (Lipinski definition) is 7. The summed E-state index contributed by atoms with van der Waals surface area (Å²) in [6.07, 6.45) is 2.26. The van der Waals surface area contributed by atoms with Crippen LogP contribution in [0.4, 0.5) is 17.1 Å². The number of nitrogens with zero attached hydrogens (tertiary/aromatic N) is 2. The van der Waals surface area contributed by atoms with E-state index in [9.17, 15) is 9.90 Å². The first kappa shape index (κ1) is 23.6. The highest BCUT2D eigenvalue weighted by Crippen LogP contribution is 2.20. The molecule has 0 fully saturated rings. The topological polar surface area (TPSA) is 113 Å². The first-order chi connectivity index (χ1) is 16.0. The van der Waals surface area contributed by atoms with Crippen molar-refractivity contribution in [3.05, 3.63) is 90.5 Å². The van der Waals surface area contributed by atoms with Gasteiger partial charge in [-0.25, -0.2) is 0 Å². The predicted octanol–water partition coefficient (Wildman–Crippen LogP) is 3.69. The fourth-order valence-corrected chi connectivity index (χ4v) is 3.16. The average molecular weight is 448 g/mol. The number of methoxy groups -OCH3 is 1. The van der Waals surface area contributed by atoms with Crippen LogP contribution in [0.1, 0.15) is 22.5 Å². The van der Waals surface area contributed by atoms with Crippen molar-refractivity contribution in [3.8, 4) is 5.75 Å². The van der Waals surface area contributed by atoms with Gasteiger partial charge in [-0.1, -0.05) is 24.8 Å². The summed E-state index contributed by atoms with van der Waals surface area (Å²) in [5.41, 5.74) is 8.99. The normalized spacial score (nSPS) is 10.4. The van der Waals surface area contributed by atoms with Crippen molar-refractivity contribution in [3.63, 3.8) is 0 Å². The second kappa shape index (κ2) is 11.5.